The SMILES string of the molecule is COCCCC1COC(c2cc(F)c(C#Cc3ccc(Cl)cc3)c(F)c2)OC1. The molecule has 3 nitrogen and oxygen atoms in total. The van der Waals surface area contributed by atoms with Crippen molar-refractivity contribution in [3.05, 3.63) is 69.7 Å². The first-order chi connectivity index (χ1) is 13.6. The van der Waals surface area contributed by atoms with Gasteiger partial charge < -0.3 is 14.2 Å². The first-order valence-corrected chi connectivity index (χ1v) is 9.43. The molecule has 1 saturated heterocycles. The fourth-order valence-electron chi connectivity index (χ4n) is 2.93. The van der Waals surface area contributed by atoms with Gasteiger partial charge in [-0.2, -0.15) is 0 Å². The Labute approximate surface area is 168 Å². The fraction of sp³-hybridized carbons (Fsp3) is 0.364. The van der Waals surface area contributed by atoms with Crippen LogP contribution in [0.15, 0.2) is 36.4 Å². The van der Waals surface area contributed by atoms with E-state index >= 15 is 0 Å². The summed E-state index contributed by atoms with van der Waals surface area (Å²) in [6.45, 7) is 1.65. The van der Waals surface area contributed by atoms with Gasteiger partial charge in [0.05, 0.1) is 18.8 Å². The van der Waals surface area contributed by atoms with Crippen LogP contribution in [0.5, 0.6) is 0 Å². The highest BCUT2D eigenvalue weighted by atomic mass is 35.5. The quantitative estimate of drug-likeness (QED) is 0.510. The maximum atomic E-state index is 14.4. The molecule has 6 heteroatoms. The average Bonchev–Trinajstić information content (AvgIpc) is 2.69. The minimum Gasteiger partial charge on any atom is -0.385 e. The Balaban J connectivity index is 1.67. The predicted molar refractivity (Wildman–Crippen MR) is 103 cm³/mol. The van der Waals surface area contributed by atoms with E-state index in [0.717, 1.165) is 12.8 Å². The summed E-state index contributed by atoms with van der Waals surface area (Å²) in [6.07, 6.45) is 1.06. The third kappa shape index (κ3) is 5.52. The Morgan fingerprint density at radius 1 is 1.07 bits per heavy atom. The minimum absolute atomic E-state index is 0.255. The molecule has 0 radical (unpaired) electrons. The molecule has 1 heterocycles. The van der Waals surface area contributed by atoms with Crippen molar-refractivity contribution < 1.29 is 23.0 Å². The molecule has 1 aliphatic rings. The Bertz CT molecular complexity index is 827. The van der Waals surface area contributed by atoms with Gasteiger partial charge in [-0.25, -0.2) is 8.78 Å². The van der Waals surface area contributed by atoms with E-state index in [2.05, 4.69) is 11.8 Å². The molecular weight excluding hydrogens is 386 g/mol. The third-order valence-corrected chi connectivity index (χ3v) is 4.69. The van der Waals surface area contributed by atoms with Gasteiger partial charge in [-0.05, 0) is 49.2 Å². The molecule has 0 bridgehead atoms. The minimum atomic E-state index is -0.777. The first-order valence-electron chi connectivity index (χ1n) is 9.05. The number of hydrogen-bond acceptors (Lipinski definition) is 3. The smallest absolute Gasteiger partial charge is 0.184 e. The average molecular weight is 407 g/mol. The molecule has 28 heavy (non-hydrogen) atoms. The number of hydrogen-bond donors (Lipinski definition) is 0. The molecule has 1 aliphatic heterocycles. The molecular formula is C22H21ClF2O3. The molecule has 0 spiro atoms. The van der Waals surface area contributed by atoms with Gasteiger partial charge in [0, 0.05) is 35.8 Å². The summed E-state index contributed by atoms with van der Waals surface area (Å²) >= 11 is 5.81. The summed E-state index contributed by atoms with van der Waals surface area (Å²) in [5.74, 6) is 4.05. The van der Waals surface area contributed by atoms with Crippen LogP contribution in [0.1, 0.15) is 35.8 Å². The molecule has 148 valence electrons. The first kappa shape index (κ1) is 20.8. The van der Waals surface area contributed by atoms with Gasteiger partial charge in [0.15, 0.2) is 6.29 Å². The number of rotatable bonds is 5. The summed E-state index contributed by atoms with van der Waals surface area (Å²) in [5.41, 5.74) is 0.639. The molecule has 0 atom stereocenters. The van der Waals surface area contributed by atoms with Crippen LogP contribution in [0.25, 0.3) is 0 Å². The van der Waals surface area contributed by atoms with E-state index in [0.29, 0.717) is 36.0 Å². The molecule has 0 unspecified atom stereocenters. The number of methoxy groups -OCH3 is 1. The van der Waals surface area contributed by atoms with Crippen molar-refractivity contribution in [1.29, 1.82) is 0 Å². The maximum absolute atomic E-state index is 14.4. The number of benzene rings is 2. The molecule has 2 aromatic rings. The summed E-state index contributed by atoms with van der Waals surface area (Å²) in [6, 6.07) is 9.14. The van der Waals surface area contributed by atoms with E-state index in [1.807, 2.05) is 0 Å². The van der Waals surface area contributed by atoms with Crippen molar-refractivity contribution in [2.45, 2.75) is 19.1 Å². The number of halogens is 3. The largest absolute Gasteiger partial charge is 0.385 e. The maximum Gasteiger partial charge on any atom is 0.184 e. The highest BCUT2D eigenvalue weighted by Gasteiger charge is 2.25. The molecule has 1 fully saturated rings. The van der Waals surface area contributed by atoms with E-state index in [-0.39, 0.29) is 11.5 Å². The van der Waals surface area contributed by atoms with Crippen LogP contribution in [0.2, 0.25) is 5.02 Å². The van der Waals surface area contributed by atoms with Gasteiger partial charge in [0.1, 0.15) is 11.6 Å². The molecule has 0 N–H and O–H groups in total. The van der Waals surface area contributed by atoms with E-state index in [1.54, 1.807) is 31.4 Å². The second-order valence-corrected chi connectivity index (χ2v) is 7.05. The zero-order chi connectivity index (χ0) is 19.9. The van der Waals surface area contributed by atoms with Crippen molar-refractivity contribution in [2.24, 2.45) is 5.92 Å². The Kier molecular flexibility index (Phi) is 7.41. The second-order valence-electron chi connectivity index (χ2n) is 6.62. The third-order valence-electron chi connectivity index (χ3n) is 4.44. The monoisotopic (exact) mass is 406 g/mol. The highest BCUT2D eigenvalue weighted by molar-refractivity contribution is 6.30. The summed E-state index contributed by atoms with van der Waals surface area (Å²) < 4.78 is 45.2. The molecule has 2 aromatic carbocycles. The Hall–Kier alpha value is -1.97. The van der Waals surface area contributed by atoms with Crippen molar-refractivity contribution >= 4 is 11.6 Å². The Morgan fingerprint density at radius 3 is 2.32 bits per heavy atom. The van der Waals surface area contributed by atoms with Crippen LogP contribution >= 0.6 is 11.6 Å². The normalized spacial score (nSPS) is 19.1. The van der Waals surface area contributed by atoms with E-state index in [1.165, 1.54) is 12.1 Å². The van der Waals surface area contributed by atoms with E-state index in [4.69, 9.17) is 25.8 Å². The second kappa shape index (κ2) is 9.99. The molecule has 3 rings (SSSR count). The van der Waals surface area contributed by atoms with E-state index < -0.39 is 17.9 Å². The van der Waals surface area contributed by atoms with Gasteiger partial charge in [0.25, 0.3) is 0 Å². The predicted octanol–water partition coefficient (Wildman–Crippen LogP) is 5.11. The lowest BCUT2D eigenvalue weighted by Gasteiger charge is -2.29. The zero-order valence-electron chi connectivity index (χ0n) is 15.5. The molecule has 0 amide bonds. The van der Waals surface area contributed by atoms with Crippen molar-refractivity contribution in [2.75, 3.05) is 26.9 Å². The molecule has 0 saturated carbocycles. The number of ether oxygens (including phenoxy) is 3. The zero-order valence-corrected chi connectivity index (χ0v) is 16.3. The van der Waals surface area contributed by atoms with Crippen LogP contribution in [-0.2, 0) is 14.2 Å². The van der Waals surface area contributed by atoms with Crippen molar-refractivity contribution in [3.8, 4) is 11.8 Å². The van der Waals surface area contributed by atoms with Gasteiger partial charge in [-0.1, -0.05) is 23.4 Å². The van der Waals surface area contributed by atoms with Crippen LogP contribution in [0.4, 0.5) is 8.78 Å². The summed E-state index contributed by atoms with van der Waals surface area (Å²) in [4.78, 5) is 0. The van der Waals surface area contributed by atoms with Crippen LogP contribution in [0, 0.1) is 29.4 Å². The lowest BCUT2D eigenvalue weighted by atomic mass is 10.0. The standard InChI is InChI=1S/C22H21ClF2O3/c1-26-10-2-3-16-13-27-22(28-14-16)17-11-20(24)19(21(25)12-17)9-6-15-4-7-18(23)8-5-15/h4-5,7-8,11-12,16,22H,2-3,10,13-14H2,1H3. The lowest BCUT2D eigenvalue weighted by Crippen LogP contribution is -2.27. The topological polar surface area (TPSA) is 27.7 Å². The Morgan fingerprint density at radius 2 is 1.71 bits per heavy atom. The lowest BCUT2D eigenvalue weighted by molar-refractivity contribution is -0.206. The fourth-order valence-corrected chi connectivity index (χ4v) is 3.06. The van der Waals surface area contributed by atoms with Crippen LogP contribution < -0.4 is 0 Å². The van der Waals surface area contributed by atoms with Crippen LogP contribution in [-0.4, -0.2) is 26.9 Å². The van der Waals surface area contributed by atoms with E-state index in [9.17, 15) is 8.78 Å². The summed E-state index contributed by atoms with van der Waals surface area (Å²) in [7, 11) is 1.66. The van der Waals surface area contributed by atoms with Gasteiger partial charge >= 0.3 is 0 Å². The highest BCUT2D eigenvalue weighted by Crippen LogP contribution is 2.29. The van der Waals surface area contributed by atoms with Crippen molar-refractivity contribution in [3.63, 3.8) is 0 Å². The van der Waals surface area contributed by atoms with Crippen LogP contribution in [0.3, 0.4) is 0 Å². The van der Waals surface area contributed by atoms with Gasteiger partial charge in [-0.3, -0.25) is 0 Å². The van der Waals surface area contributed by atoms with Gasteiger partial charge in [0.2, 0.25) is 0 Å². The molecule has 0 aliphatic carbocycles. The molecule has 0 aromatic heterocycles. The van der Waals surface area contributed by atoms with Crippen molar-refractivity contribution in [1.82, 2.24) is 0 Å². The van der Waals surface area contributed by atoms with Gasteiger partial charge in [-0.15, -0.1) is 0 Å². The summed E-state index contributed by atoms with van der Waals surface area (Å²) in [5, 5.41) is 0.570.